The number of hydrogen-bond acceptors (Lipinski definition) is 7. The molecule has 32 heavy (non-hydrogen) atoms. The number of aliphatic hydroxyl groups is 2. The summed E-state index contributed by atoms with van der Waals surface area (Å²) in [6, 6.07) is 5.57. The fourth-order valence-corrected chi connectivity index (χ4v) is 5.37. The molecule has 0 radical (unpaired) electrons. The lowest BCUT2D eigenvalue weighted by Gasteiger charge is -2.24. The first-order valence-corrected chi connectivity index (χ1v) is 12.1. The minimum Gasteiger partial charge on any atom is -0.491 e. The largest absolute Gasteiger partial charge is 0.491 e. The molecule has 1 fully saturated rings. The van der Waals surface area contributed by atoms with Crippen molar-refractivity contribution < 1.29 is 33.7 Å². The molecule has 1 aliphatic carbocycles. The minimum absolute atomic E-state index is 0.0509. The molecule has 0 spiro atoms. The number of hydrogen-bond donors (Lipinski definition) is 2. The van der Waals surface area contributed by atoms with Crippen LogP contribution >= 0.6 is 11.8 Å². The summed E-state index contributed by atoms with van der Waals surface area (Å²) in [5, 5.41) is 20.3. The van der Waals surface area contributed by atoms with E-state index in [1.54, 1.807) is 0 Å². The first kappa shape index (κ1) is 26.6. The van der Waals surface area contributed by atoms with Crippen molar-refractivity contribution in [2.45, 2.75) is 69.8 Å². The Morgan fingerprint density at radius 1 is 1.28 bits per heavy atom. The number of ether oxygens (including phenoxy) is 2. The predicted octanol–water partition coefficient (Wildman–Crippen LogP) is 3.77. The van der Waals surface area contributed by atoms with Gasteiger partial charge in [-0.05, 0) is 42.5 Å². The first-order chi connectivity index (χ1) is 15.1. The summed E-state index contributed by atoms with van der Waals surface area (Å²) in [5.74, 6) is 0.0667. The van der Waals surface area contributed by atoms with Gasteiger partial charge in [0.25, 0.3) is 0 Å². The molecule has 1 aromatic carbocycles. The van der Waals surface area contributed by atoms with E-state index in [-0.39, 0.29) is 47.2 Å². The predicted molar refractivity (Wildman–Crippen MR) is 122 cm³/mol. The molecule has 4 atom stereocenters. The highest BCUT2D eigenvalue weighted by Gasteiger charge is 2.41. The summed E-state index contributed by atoms with van der Waals surface area (Å²) in [5.41, 5.74) is -0.158. The van der Waals surface area contributed by atoms with E-state index in [0.29, 0.717) is 24.3 Å². The summed E-state index contributed by atoms with van der Waals surface area (Å²) in [6.07, 6.45) is 2.29. The second-order valence-electron chi connectivity index (χ2n) is 9.22. The lowest BCUT2D eigenvalue weighted by Crippen LogP contribution is -2.28. The molecule has 4 unspecified atom stereocenters. The number of esters is 1. The molecule has 8 heteroatoms. The van der Waals surface area contributed by atoms with Gasteiger partial charge >= 0.3 is 5.97 Å². The van der Waals surface area contributed by atoms with Gasteiger partial charge in [-0.1, -0.05) is 26.7 Å². The van der Waals surface area contributed by atoms with Crippen LogP contribution in [0.2, 0.25) is 0 Å². The number of benzene rings is 1. The van der Waals surface area contributed by atoms with E-state index in [4.69, 9.17) is 9.47 Å². The molecule has 2 N–H and O–H groups in total. The van der Waals surface area contributed by atoms with E-state index in [0.717, 1.165) is 19.3 Å². The summed E-state index contributed by atoms with van der Waals surface area (Å²) in [4.78, 5) is 23.9. The maximum atomic E-state index is 12.9. The zero-order valence-corrected chi connectivity index (χ0v) is 19.9. The Bertz CT molecular complexity index is 739. The summed E-state index contributed by atoms with van der Waals surface area (Å²) >= 11 is 1.40. The van der Waals surface area contributed by atoms with Crippen molar-refractivity contribution in [3.63, 3.8) is 0 Å². The highest BCUT2D eigenvalue weighted by atomic mass is 32.2. The van der Waals surface area contributed by atoms with E-state index in [1.165, 1.54) is 43.1 Å². The molecule has 180 valence electrons. The van der Waals surface area contributed by atoms with Crippen molar-refractivity contribution >= 4 is 23.5 Å². The number of ketones is 1. The van der Waals surface area contributed by atoms with Crippen LogP contribution in [-0.2, 0) is 14.3 Å². The van der Waals surface area contributed by atoms with Crippen molar-refractivity contribution in [2.75, 3.05) is 19.5 Å². The van der Waals surface area contributed by atoms with Crippen molar-refractivity contribution in [3.8, 4) is 5.75 Å². The third-order valence-corrected chi connectivity index (χ3v) is 7.41. The molecule has 2 rings (SSSR count). The van der Waals surface area contributed by atoms with Crippen molar-refractivity contribution in [3.05, 3.63) is 30.1 Å². The van der Waals surface area contributed by atoms with Crippen LogP contribution in [0.4, 0.5) is 4.39 Å². The van der Waals surface area contributed by atoms with Gasteiger partial charge in [0.1, 0.15) is 24.0 Å². The number of unbranched alkanes of at least 4 members (excludes halogenated alkanes) is 1. The van der Waals surface area contributed by atoms with Crippen LogP contribution in [0.3, 0.4) is 0 Å². The highest BCUT2D eigenvalue weighted by Crippen LogP contribution is 2.37. The zero-order chi connectivity index (χ0) is 23.7. The Hall–Kier alpha value is -1.64. The number of carbonyl (C=O) groups excluding carboxylic acids is 2. The summed E-state index contributed by atoms with van der Waals surface area (Å²) in [7, 11) is 1.39. The minimum atomic E-state index is -0.771. The van der Waals surface area contributed by atoms with Gasteiger partial charge in [0.2, 0.25) is 0 Å². The van der Waals surface area contributed by atoms with Crippen LogP contribution in [0.1, 0.15) is 52.4 Å². The molecule has 0 heterocycles. The number of thioether (sulfide) groups is 1. The van der Waals surface area contributed by atoms with Gasteiger partial charge in [-0.15, -0.1) is 0 Å². The number of aliphatic hydroxyl groups excluding tert-OH is 2. The van der Waals surface area contributed by atoms with Crippen LogP contribution < -0.4 is 4.74 Å². The highest BCUT2D eigenvalue weighted by molar-refractivity contribution is 8.00. The zero-order valence-electron chi connectivity index (χ0n) is 19.1. The average molecular weight is 471 g/mol. The number of Topliss-reactive ketones (excluding diaryl/α,β-unsaturated/α-hetero) is 1. The van der Waals surface area contributed by atoms with Gasteiger partial charge in [0, 0.05) is 23.3 Å². The second-order valence-corrected chi connectivity index (χ2v) is 10.4. The van der Waals surface area contributed by atoms with Gasteiger partial charge in [0.15, 0.2) is 0 Å². The number of rotatable bonds is 13. The van der Waals surface area contributed by atoms with Crippen LogP contribution in [0, 0.1) is 17.2 Å². The van der Waals surface area contributed by atoms with Gasteiger partial charge in [0.05, 0.1) is 25.7 Å². The van der Waals surface area contributed by atoms with E-state index in [9.17, 15) is 24.2 Å². The molecule has 0 saturated heterocycles. The fraction of sp³-hybridized carbons (Fsp3) is 0.667. The Kier molecular flexibility index (Phi) is 10.4. The van der Waals surface area contributed by atoms with Gasteiger partial charge in [-0.25, -0.2) is 4.39 Å². The Morgan fingerprint density at radius 3 is 2.62 bits per heavy atom. The lowest BCUT2D eigenvalue weighted by molar-refractivity contribution is -0.143. The van der Waals surface area contributed by atoms with Gasteiger partial charge in [-0.2, -0.15) is 11.8 Å². The maximum Gasteiger partial charge on any atom is 0.306 e. The molecule has 1 saturated carbocycles. The molecule has 6 nitrogen and oxygen atoms in total. The van der Waals surface area contributed by atoms with Crippen LogP contribution in [0.15, 0.2) is 24.3 Å². The quantitative estimate of drug-likeness (QED) is 0.335. The molecule has 0 aromatic heterocycles. The van der Waals surface area contributed by atoms with Crippen LogP contribution in [0.5, 0.6) is 5.75 Å². The van der Waals surface area contributed by atoms with Crippen molar-refractivity contribution in [1.82, 2.24) is 0 Å². The Morgan fingerprint density at radius 2 is 1.97 bits per heavy atom. The normalized spacial score (nSPS) is 22.1. The van der Waals surface area contributed by atoms with E-state index >= 15 is 0 Å². The van der Waals surface area contributed by atoms with Crippen molar-refractivity contribution in [1.29, 1.82) is 0 Å². The molecule has 0 aliphatic heterocycles. The third-order valence-electron chi connectivity index (χ3n) is 5.81. The molecule has 0 amide bonds. The molecular weight excluding hydrogens is 435 g/mol. The fourth-order valence-electron chi connectivity index (χ4n) is 3.99. The maximum absolute atomic E-state index is 12.9. The SMILES string of the molecule is COC(=O)CC(C)(C)CCCCC1C(=O)CC(O)C1SCC(O)COc1ccc(F)cc1. The standard InChI is InChI=1S/C24H35FO6S/c1-24(2,13-22(29)30-3)11-5-4-6-19-20(27)12-21(28)23(19)32-15-17(26)14-31-18-9-7-16(25)8-10-18/h7-10,17,19,21,23,26,28H,4-6,11-15H2,1-3H3. The smallest absolute Gasteiger partial charge is 0.306 e. The number of halogens is 1. The molecule has 1 aromatic rings. The molecule has 1 aliphatic rings. The van der Waals surface area contributed by atoms with E-state index < -0.39 is 12.2 Å². The first-order valence-electron chi connectivity index (χ1n) is 11.1. The molecule has 0 bridgehead atoms. The number of methoxy groups -OCH3 is 1. The lowest BCUT2D eigenvalue weighted by atomic mass is 9.83. The van der Waals surface area contributed by atoms with Gasteiger partial charge < -0.3 is 19.7 Å². The summed E-state index contributed by atoms with van der Waals surface area (Å²) in [6.45, 7) is 4.11. The van der Waals surface area contributed by atoms with E-state index in [1.807, 2.05) is 13.8 Å². The second kappa shape index (κ2) is 12.6. The Labute approximate surface area is 193 Å². The van der Waals surface area contributed by atoms with Gasteiger partial charge in [-0.3, -0.25) is 9.59 Å². The van der Waals surface area contributed by atoms with Crippen LogP contribution in [-0.4, -0.2) is 58.9 Å². The molecular formula is C24H35FO6S. The van der Waals surface area contributed by atoms with Crippen LogP contribution in [0.25, 0.3) is 0 Å². The topological polar surface area (TPSA) is 93.1 Å². The average Bonchev–Trinajstić information content (AvgIpc) is 3.01. The summed E-state index contributed by atoms with van der Waals surface area (Å²) < 4.78 is 23.2. The van der Waals surface area contributed by atoms with E-state index in [2.05, 4.69) is 0 Å². The number of carbonyl (C=O) groups is 2. The Balaban J connectivity index is 1.75. The van der Waals surface area contributed by atoms with Crippen molar-refractivity contribution in [2.24, 2.45) is 11.3 Å². The monoisotopic (exact) mass is 470 g/mol. The third kappa shape index (κ3) is 8.71.